The Balaban J connectivity index is 1.55. The highest BCUT2D eigenvalue weighted by Gasteiger charge is 2.17. The van der Waals surface area contributed by atoms with Crippen LogP contribution < -0.4 is 0 Å². The Kier molecular flexibility index (Phi) is 3.68. The molecule has 30 heavy (non-hydrogen) atoms. The number of hydrogen-bond donors (Lipinski definition) is 0. The minimum Gasteiger partial charge on any atom is -0.456 e. The van der Waals surface area contributed by atoms with E-state index in [-0.39, 0.29) is 5.82 Å². The van der Waals surface area contributed by atoms with Gasteiger partial charge in [-0.05, 0) is 46.8 Å². The molecule has 2 aromatic heterocycles. The van der Waals surface area contributed by atoms with Crippen LogP contribution >= 0.6 is 0 Å². The minimum absolute atomic E-state index is 0.304. The molecular weight excluding hydrogens is 373 g/mol. The SMILES string of the molecule is Fc1c(-c2cc3ccccc3cn2)ccc2oc3cc(-c4ccccc4)ccc3c12. The first-order valence-electron chi connectivity index (χ1n) is 9.83. The molecule has 3 heteroatoms. The lowest BCUT2D eigenvalue weighted by atomic mass is 10.0. The van der Waals surface area contributed by atoms with Gasteiger partial charge in [-0.2, -0.15) is 0 Å². The van der Waals surface area contributed by atoms with Gasteiger partial charge in [0, 0.05) is 22.5 Å². The summed E-state index contributed by atoms with van der Waals surface area (Å²) in [6, 6.07) is 29.4. The molecule has 6 aromatic rings. The van der Waals surface area contributed by atoms with Crippen molar-refractivity contribution in [1.29, 1.82) is 0 Å². The number of benzene rings is 4. The van der Waals surface area contributed by atoms with E-state index in [4.69, 9.17) is 4.42 Å². The monoisotopic (exact) mass is 389 g/mol. The van der Waals surface area contributed by atoms with Crippen LogP contribution in [-0.2, 0) is 0 Å². The largest absolute Gasteiger partial charge is 0.456 e. The van der Waals surface area contributed by atoms with Crippen molar-refractivity contribution >= 4 is 32.7 Å². The molecule has 142 valence electrons. The number of pyridine rings is 1. The summed E-state index contributed by atoms with van der Waals surface area (Å²) in [5.74, 6) is -0.304. The van der Waals surface area contributed by atoms with Crippen molar-refractivity contribution < 1.29 is 8.81 Å². The topological polar surface area (TPSA) is 26.0 Å². The molecular formula is C27H16FNO. The number of fused-ring (bicyclic) bond motifs is 4. The van der Waals surface area contributed by atoms with Crippen LogP contribution in [0.2, 0.25) is 0 Å². The number of halogens is 1. The van der Waals surface area contributed by atoms with Crippen LogP contribution in [-0.4, -0.2) is 4.98 Å². The summed E-state index contributed by atoms with van der Waals surface area (Å²) in [7, 11) is 0. The molecule has 0 amide bonds. The zero-order chi connectivity index (χ0) is 20.1. The summed E-state index contributed by atoms with van der Waals surface area (Å²) >= 11 is 0. The van der Waals surface area contributed by atoms with Crippen LogP contribution in [0.1, 0.15) is 0 Å². The van der Waals surface area contributed by atoms with Gasteiger partial charge in [-0.15, -0.1) is 0 Å². The van der Waals surface area contributed by atoms with E-state index in [1.807, 2.05) is 84.9 Å². The molecule has 0 unspecified atom stereocenters. The molecule has 2 nitrogen and oxygen atoms in total. The van der Waals surface area contributed by atoms with E-state index in [0.717, 1.165) is 27.3 Å². The molecule has 0 bridgehead atoms. The second-order valence-corrected chi connectivity index (χ2v) is 7.40. The fraction of sp³-hybridized carbons (Fsp3) is 0. The van der Waals surface area contributed by atoms with Gasteiger partial charge in [0.05, 0.1) is 11.1 Å². The first-order chi connectivity index (χ1) is 14.8. The van der Waals surface area contributed by atoms with Crippen LogP contribution in [0, 0.1) is 5.82 Å². The lowest BCUT2D eigenvalue weighted by Crippen LogP contribution is -1.89. The number of nitrogens with zero attached hydrogens (tertiary/aromatic N) is 1. The quantitative estimate of drug-likeness (QED) is 0.305. The molecule has 4 aromatic carbocycles. The minimum atomic E-state index is -0.304. The molecule has 0 aliphatic rings. The highest BCUT2D eigenvalue weighted by molar-refractivity contribution is 6.07. The zero-order valence-corrected chi connectivity index (χ0v) is 16.0. The van der Waals surface area contributed by atoms with Gasteiger partial charge in [-0.3, -0.25) is 4.98 Å². The van der Waals surface area contributed by atoms with E-state index in [2.05, 4.69) is 4.98 Å². The zero-order valence-electron chi connectivity index (χ0n) is 16.0. The van der Waals surface area contributed by atoms with E-state index in [1.165, 1.54) is 0 Å². The van der Waals surface area contributed by atoms with Gasteiger partial charge >= 0.3 is 0 Å². The maximum Gasteiger partial charge on any atom is 0.144 e. The van der Waals surface area contributed by atoms with Gasteiger partial charge in [0.25, 0.3) is 0 Å². The molecule has 0 saturated heterocycles. The van der Waals surface area contributed by atoms with Crippen molar-refractivity contribution in [3.8, 4) is 22.4 Å². The number of aromatic nitrogens is 1. The Morgan fingerprint density at radius 3 is 2.33 bits per heavy atom. The Bertz CT molecular complexity index is 1550. The van der Waals surface area contributed by atoms with Crippen LogP contribution in [0.4, 0.5) is 4.39 Å². The molecule has 0 radical (unpaired) electrons. The second-order valence-electron chi connectivity index (χ2n) is 7.40. The summed E-state index contributed by atoms with van der Waals surface area (Å²) in [5, 5.41) is 3.33. The van der Waals surface area contributed by atoms with Crippen LogP contribution in [0.3, 0.4) is 0 Å². The second kappa shape index (κ2) is 6.53. The molecule has 0 fully saturated rings. The summed E-state index contributed by atoms with van der Waals surface area (Å²) in [4.78, 5) is 4.49. The van der Waals surface area contributed by atoms with Gasteiger partial charge in [0.1, 0.15) is 17.0 Å². The third-order valence-corrected chi connectivity index (χ3v) is 5.59. The Hall–Kier alpha value is -3.98. The predicted octanol–water partition coefficient (Wildman–Crippen LogP) is 7.61. The van der Waals surface area contributed by atoms with E-state index >= 15 is 4.39 Å². The normalized spacial score (nSPS) is 11.5. The maximum atomic E-state index is 15.6. The summed E-state index contributed by atoms with van der Waals surface area (Å²) in [6.45, 7) is 0. The van der Waals surface area contributed by atoms with E-state index in [0.29, 0.717) is 27.8 Å². The Morgan fingerprint density at radius 2 is 1.47 bits per heavy atom. The number of hydrogen-bond acceptors (Lipinski definition) is 2. The molecule has 0 spiro atoms. The van der Waals surface area contributed by atoms with Crippen molar-refractivity contribution in [2.24, 2.45) is 0 Å². The third kappa shape index (κ3) is 2.60. The van der Waals surface area contributed by atoms with E-state index in [1.54, 1.807) is 12.3 Å². The van der Waals surface area contributed by atoms with E-state index in [9.17, 15) is 0 Å². The van der Waals surface area contributed by atoms with Gasteiger partial charge in [0.15, 0.2) is 0 Å². The van der Waals surface area contributed by atoms with Gasteiger partial charge in [-0.1, -0.05) is 60.7 Å². The number of furan rings is 1. The average molecular weight is 389 g/mol. The summed E-state index contributed by atoms with van der Waals surface area (Å²) < 4.78 is 21.6. The first kappa shape index (κ1) is 16.9. The standard InChI is InChI=1S/C27H16FNO/c28-27-21(23-14-18-8-4-5-9-20(18)16-29-23)12-13-24-26(27)22-11-10-19(15-25(22)30-24)17-6-2-1-3-7-17/h1-16H. The van der Waals surface area contributed by atoms with Crippen molar-refractivity contribution in [1.82, 2.24) is 4.98 Å². The van der Waals surface area contributed by atoms with Crippen LogP contribution in [0.5, 0.6) is 0 Å². The van der Waals surface area contributed by atoms with Crippen molar-refractivity contribution in [2.45, 2.75) is 0 Å². The smallest absolute Gasteiger partial charge is 0.144 e. The van der Waals surface area contributed by atoms with Gasteiger partial charge < -0.3 is 4.42 Å². The van der Waals surface area contributed by atoms with Crippen molar-refractivity contribution in [3.63, 3.8) is 0 Å². The molecule has 0 atom stereocenters. The Morgan fingerprint density at radius 1 is 0.667 bits per heavy atom. The van der Waals surface area contributed by atoms with Gasteiger partial charge in [-0.25, -0.2) is 4.39 Å². The molecule has 0 saturated carbocycles. The Labute approximate surface area is 172 Å². The van der Waals surface area contributed by atoms with Crippen LogP contribution in [0.15, 0.2) is 102 Å². The highest BCUT2D eigenvalue weighted by Crippen LogP contribution is 2.37. The number of rotatable bonds is 2. The maximum absolute atomic E-state index is 15.6. The summed E-state index contributed by atoms with van der Waals surface area (Å²) in [6.07, 6.45) is 1.79. The van der Waals surface area contributed by atoms with Gasteiger partial charge in [0.2, 0.25) is 0 Å². The molecule has 6 rings (SSSR count). The van der Waals surface area contributed by atoms with E-state index < -0.39 is 0 Å². The molecule has 0 N–H and O–H groups in total. The predicted molar refractivity (Wildman–Crippen MR) is 120 cm³/mol. The van der Waals surface area contributed by atoms with Crippen LogP contribution in [0.25, 0.3) is 55.1 Å². The fourth-order valence-corrected chi connectivity index (χ4v) is 4.06. The lowest BCUT2D eigenvalue weighted by molar-refractivity contribution is 0.636. The van der Waals surface area contributed by atoms with Crippen molar-refractivity contribution in [3.05, 3.63) is 103 Å². The highest BCUT2D eigenvalue weighted by atomic mass is 19.1. The molecule has 0 aliphatic heterocycles. The third-order valence-electron chi connectivity index (χ3n) is 5.59. The molecule has 2 heterocycles. The summed E-state index contributed by atoms with van der Waals surface area (Å²) in [5.41, 5.74) is 4.44. The van der Waals surface area contributed by atoms with Crippen molar-refractivity contribution in [2.75, 3.05) is 0 Å². The molecule has 0 aliphatic carbocycles. The average Bonchev–Trinajstić information content (AvgIpc) is 3.18. The fourth-order valence-electron chi connectivity index (χ4n) is 4.06. The lowest BCUT2D eigenvalue weighted by Gasteiger charge is -2.05. The first-order valence-corrected chi connectivity index (χ1v) is 9.83.